The third-order valence-electron chi connectivity index (χ3n) is 6.89. The van der Waals surface area contributed by atoms with Crippen LogP contribution in [0.4, 0.5) is 0 Å². The van der Waals surface area contributed by atoms with Crippen molar-refractivity contribution in [2.75, 3.05) is 25.4 Å². The summed E-state index contributed by atoms with van der Waals surface area (Å²) in [5, 5.41) is 12.6. The lowest BCUT2D eigenvalue weighted by atomic mass is 9.83. The van der Waals surface area contributed by atoms with Gasteiger partial charge in [0, 0.05) is 24.7 Å². The molecule has 4 rings (SSSR count). The van der Waals surface area contributed by atoms with E-state index in [1.807, 2.05) is 0 Å². The van der Waals surface area contributed by atoms with Crippen molar-refractivity contribution in [1.82, 2.24) is 14.5 Å². The first-order valence-electron chi connectivity index (χ1n) is 9.88. The van der Waals surface area contributed by atoms with Crippen LogP contribution >= 0.6 is 0 Å². The van der Waals surface area contributed by atoms with Crippen LogP contribution in [0.1, 0.15) is 51.4 Å². The summed E-state index contributed by atoms with van der Waals surface area (Å²) in [6, 6.07) is 2.13. The predicted octanol–water partition coefficient (Wildman–Crippen LogP) is 0.827. The Morgan fingerprint density at radius 3 is 2.77 bits per heavy atom. The number of fused-ring (bicyclic) bond motifs is 2. The fourth-order valence-corrected chi connectivity index (χ4v) is 7.70. The van der Waals surface area contributed by atoms with E-state index >= 15 is 0 Å². The molecule has 1 N–H and O–H groups in total. The molecule has 144 valence electrons. The Balaban J connectivity index is 1.41. The molecule has 0 aromatic heterocycles. The molecule has 0 aromatic carbocycles. The first kappa shape index (κ1) is 18.2. The molecular weight excluding hydrogens is 352 g/mol. The van der Waals surface area contributed by atoms with E-state index in [4.69, 9.17) is 5.26 Å². The van der Waals surface area contributed by atoms with Crippen LogP contribution in [0.25, 0.3) is 0 Å². The lowest BCUT2D eigenvalue weighted by Gasteiger charge is -2.40. The molecule has 7 nitrogen and oxygen atoms in total. The van der Waals surface area contributed by atoms with Crippen molar-refractivity contribution in [3.05, 3.63) is 0 Å². The fraction of sp³-hybridized carbons (Fsp3) is 0.889. The monoisotopic (exact) mass is 380 g/mol. The highest BCUT2D eigenvalue weighted by Crippen LogP contribution is 2.50. The number of rotatable bonds is 4. The zero-order chi connectivity index (χ0) is 18.4. The summed E-state index contributed by atoms with van der Waals surface area (Å²) >= 11 is 0. The molecule has 3 unspecified atom stereocenters. The molecule has 0 spiro atoms. The number of likely N-dealkylation sites (tertiary alicyclic amines) is 1. The summed E-state index contributed by atoms with van der Waals surface area (Å²) in [6.45, 7) is 1.57. The molecule has 2 saturated heterocycles. The van der Waals surface area contributed by atoms with Crippen LogP contribution in [-0.2, 0) is 14.8 Å². The number of nitrogens with zero attached hydrogens (tertiary/aromatic N) is 3. The third-order valence-corrected chi connectivity index (χ3v) is 8.94. The molecule has 4 fully saturated rings. The smallest absolute Gasteiger partial charge is 0.237 e. The maximum absolute atomic E-state index is 12.5. The lowest BCUT2D eigenvalue weighted by molar-refractivity contribution is -0.130. The molecule has 8 heteroatoms. The summed E-state index contributed by atoms with van der Waals surface area (Å²) < 4.78 is 26.7. The number of carbonyl (C=O) groups excluding carboxylic acids is 1. The zero-order valence-corrected chi connectivity index (χ0v) is 16.0. The summed E-state index contributed by atoms with van der Waals surface area (Å²) in [5.74, 6) is 0.719. The first-order valence-corrected chi connectivity index (χ1v) is 11.5. The third kappa shape index (κ3) is 3.04. The maximum Gasteiger partial charge on any atom is 0.237 e. The van der Waals surface area contributed by atoms with Crippen molar-refractivity contribution >= 4 is 15.9 Å². The Morgan fingerprint density at radius 2 is 2.04 bits per heavy atom. The van der Waals surface area contributed by atoms with Gasteiger partial charge in [0.2, 0.25) is 15.9 Å². The van der Waals surface area contributed by atoms with Gasteiger partial charge in [0.25, 0.3) is 0 Å². The lowest BCUT2D eigenvalue weighted by Crippen LogP contribution is -2.49. The van der Waals surface area contributed by atoms with Gasteiger partial charge in [0.05, 0.1) is 18.4 Å². The number of hydrogen-bond donors (Lipinski definition) is 1. The summed E-state index contributed by atoms with van der Waals surface area (Å²) in [5.41, 5.74) is -0.234. The van der Waals surface area contributed by atoms with Gasteiger partial charge >= 0.3 is 0 Å². The second-order valence-electron chi connectivity index (χ2n) is 8.39. The van der Waals surface area contributed by atoms with Gasteiger partial charge in [-0.25, -0.2) is 8.42 Å². The number of nitrogens with one attached hydrogen (secondary N) is 1. The predicted molar refractivity (Wildman–Crippen MR) is 96.6 cm³/mol. The SMILES string of the molecule is N#C[C@@H]1CCCN1C(=O)CNC1CC2(N3CCCS3(=O)=O)CCCC1C2. The van der Waals surface area contributed by atoms with E-state index in [1.165, 1.54) is 0 Å². The Hall–Kier alpha value is -1.17. The van der Waals surface area contributed by atoms with Gasteiger partial charge in [-0.2, -0.15) is 9.57 Å². The highest BCUT2D eigenvalue weighted by molar-refractivity contribution is 7.89. The average Bonchev–Trinajstić information content (AvgIpc) is 3.29. The van der Waals surface area contributed by atoms with Gasteiger partial charge in [-0.05, 0) is 50.9 Å². The maximum atomic E-state index is 12.5. The van der Waals surface area contributed by atoms with Gasteiger partial charge in [0.15, 0.2) is 0 Å². The summed E-state index contributed by atoms with van der Waals surface area (Å²) in [4.78, 5) is 14.2. The van der Waals surface area contributed by atoms with Gasteiger partial charge in [-0.1, -0.05) is 6.42 Å². The molecule has 26 heavy (non-hydrogen) atoms. The number of carbonyl (C=O) groups is 1. The van der Waals surface area contributed by atoms with Crippen LogP contribution in [0.3, 0.4) is 0 Å². The van der Waals surface area contributed by atoms with Crippen molar-refractivity contribution in [3.8, 4) is 6.07 Å². The van der Waals surface area contributed by atoms with E-state index in [0.717, 1.165) is 51.4 Å². The van der Waals surface area contributed by atoms with Crippen molar-refractivity contribution in [2.45, 2.75) is 69.0 Å². The molecule has 2 aliphatic carbocycles. The first-order chi connectivity index (χ1) is 12.5. The molecule has 2 saturated carbocycles. The molecule has 2 bridgehead atoms. The van der Waals surface area contributed by atoms with Crippen LogP contribution in [0.5, 0.6) is 0 Å². The Bertz CT molecular complexity index is 718. The molecule has 2 aliphatic heterocycles. The van der Waals surface area contributed by atoms with Gasteiger partial charge in [-0.15, -0.1) is 0 Å². The van der Waals surface area contributed by atoms with Gasteiger partial charge in [-0.3, -0.25) is 4.79 Å². The summed E-state index contributed by atoms with van der Waals surface area (Å²) in [6.07, 6.45) is 7.23. The fourth-order valence-electron chi connectivity index (χ4n) is 5.75. The Morgan fingerprint density at radius 1 is 1.19 bits per heavy atom. The zero-order valence-electron chi connectivity index (χ0n) is 15.2. The van der Waals surface area contributed by atoms with Crippen LogP contribution in [0, 0.1) is 17.2 Å². The van der Waals surface area contributed by atoms with Crippen LogP contribution < -0.4 is 5.32 Å². The Kier molecular flexibility index (Phi) is 4.74. The molecule has 4 aliphatic rings. The number of hydrogen-bond acceptors (Lipinski definition) is 5. The highest BCUT2D eigenvalue weighted by Gasteiger charge is 2.55. The Labute approximate surface area is 155 Å². The van der Waals surface area contributed by atoms with Crippen molar-refractivity contribution < 1.29 is 13.2 Å². The number of amides is 1. The van der Waals surface area contributed by atoms with Crippen LogP contribution in [0.2, 0.25) is 0 Å². The van der Waals surface area contributed by atoms with Crippen molar-refractivity contribution in [2.24, 2.45) is 5.92 Å². The van der Waals surface area contributed by atoms with Crippen molar-refractivity contribution in [1.29, 1.82) is 5.26 Å². The second-order valence-corrected chi connectivity index (χ2v) is 10.4. The standard InChI is InChI=1S/C18H28N4O3S/c19-12-15-5-2-7-21(15)17(23)13-20-16-11-18(6-1-4-14(16)10-18)22-8-3-9-26(22,24)25/h14-16,20H,1-11,13H2/t14?,15-,16?,18?/m0/s1. The van der Waals surface area contributed by atoms with Gasteiger partial charge < -0.3 is 10.2 Å². The van der Waals surface area contributed by atoms with E-state index in [1.54, 1.807) is 9.21 Å². The molecule has 0 radical (unpaired) electrons. The largest absolute Gasteiger partial charge is 0.326 e. The normalized spacial score (nSPS) is 39.2. The topological polar surface area (TPSA) is 93.5 Å². The molecule has 0 aromatic rings. The van der Waals surface area contributed by atoms with Crippen molar-refractivity contribution in [3.63, 3.8) is 0 Å². The minimum absolute atomic E-state index is 0.00154. The van der Waals surface area contributed by atoms with E-state index < -0.39 is 10.0 Å². The van der Waals surface area contributed by atoms with E-state index in [2.05, 4.69) is 11.4 Å². The molecular formula is C18H28N4O3S. The van der Waals surface area contributed by atoms with E-state index in [-0.39, 0.29) is 35.8 Å². The summed E-state index contributed by atoms with van der Waals surface area (Å²) in [7, 11) is -3.11. The minimum Gasteiger partial charge on any atom is -0.326 e. The average molecular weight is 381 g/mol. The molecule has 1 amide bonds. The molecule has 2 heterocycles. The number of nitriles is 1. The minimum atomic E-state index is -3.11. The molecule has 4 atom stereocenters. The van der Waals surface area contributed by atoms with Gasteiger partial charge in [0.1, 0.15) is 6.04 Å². The quantitative estimate of drug-likeness (QED) is 0.780. The van der Waals surface area contributed by atoms with E-state index in [0.29, 0.717) is 19.0 Å². The number of sulfonamides is 1. The van der Waals surface area contributed by atoms with Crippen LogP contribution in [-0.4, -0.2) is 66.5 Å². The highest BCUT2D eigenvalue weighted by atomic mass is 32.2. The van der Waals surface area contributed by atoms with Crippen LogP contribution in [0.15, 0.2) is 0 Å². The van der Waals surface area contributed by atoms with E-state index in [9.17, 15) is 13.2 Å². The second kappa shape index (κ2) is 6.77.